The van der Waals surface area contributed by atoms with E-state index < -0.39 is 0 Å². The van der Waals surface area contributed by atoms with Gasteiger partial charge in [0.15, 0.2) is 6.79 Å². The molecule has 1 aliphatic heterocycles. The second-order valence-electron chi connectivity index (χ2n) is 4.08. The molecule has 1 saturated heterocycles. The lowest BCUT2D eigenvalue weighted by molar-refractivity contribution is 0.0514. The highest BCUT2D eigenvalue weighted by Gasteiger charge is 2.15. The van der Waals surface area contributed by atoms with Crippen LogP contribution in [0.25, 0.3) is 0 Å². The van der Waals surface area contributed by atoms with E-state index >= 15 is 0 Å². The van der Waals surface area contributed by atoms with Gasteiger partial charge in [-0.1, -0.05) is 0 Å². The molecule has 0 unspecified atom stereocenters. The summed E-state index contributed by atoms with van der Waals surface area (Å²) in [5.41, 5.74) is 1.62. The number of anilines is 1. The number of nitrogens with zero attached hydrogens (tertiary/aromatic N) is 2. The summed E-state index contributed by atoms with van der Waals surface area (Å²) >= 11 is 0. The number of rotatable bonds is 4. The maximum atomic E-state index is 8.93. The van der Waals surface area contributed by atoms with Gasteiger partial charge in [0.05, 0.1) is 17.3 Å². The van der Waals surface area contributed by atoms with Crippen molar-refractivity contribution >= 4 is 5.69 Å². The van der Waals surface area contributed by atoms with Crippen molar-refractivity contribution in [1.82, 2.24) is 5.32 Å². The van der Waals surface area contributed by atoms with Gasteiger partial charge in [0.25, 0.3) is 0 Å². The van der Waals surface area contributed by atoms with Crippen LogP contribution in [0.5, 0.6) is 5.75 Å². The van der Waals surface area contributed by atoms with Crippen molar-refractivity contribution in [3.05, 3.63) is 23.8 Å². The minimum absolute atomic E-state index is 0.188. The summed E-state index contributed by atoms with van der Waals surface area (Å²) in [6.07, 6.45) is 0. The average molecular weight is 247 g/mol. The summed E-state index contributed by atoms with van der Waals surface area (Å²) in [5, 5.41) is 12.2. The van der Waals surface area contributed by atoms with Crippen LogP contribution in [0.3, 0.4) is 0 Å². The molecular formula is C13H17N3O2. The first-order chi connectivity index (χ1) is 8.85. The zero-order chi connectivity index (χ0) is 12.8. The number of nitrogens with one attached hydrogen (secondary N) is 1. The summed E-state index contributed by atoms with van der Waals surface area (Å²) in [6.45, 7) is 3.99. The lowest BCUT2D eigenvalue weighted by atomic mass is 10.1. The Hall–Kier alpha value is -1.77. The van der Waals surface area contributed by atoms with Crippen molar-refractivity contribution in [3.63, 3.8) is 0 Å². The Morgan fingerprint density at radius 3 is 2.83 bits per heavy atom. The van der Waals surface area contributed by atoms with Gasteiger partial charge in [-0.2, -0.15) is 5.26 Å². The van der Waals surface area contributed by atoms with Gasteiger partial charge in [0, 0.05) is 39.4 Å². The van der Waals surface area contributed by atoms with Crippen LogP contribution >= 0.6 is 0 Å². The van der Waals surface area contributed by atoms with Crippen LogP contribution in [0.2, 0.25) is 0 Å². The van der Waals surface area contributed by atoms with Crippen LogP contribution in [-0.2, 0) is 4.74 Å². The topological polar surface area (TPSA) is 57.5 Å². The third-order valence-electron chi connectivity index (χ3n) is 2.88. The van der Waals surface area contributed by atoms with Crippen LogP contribution in [-0.4, -0.2) is 40.1 Å². The first-order valence-electron chi connectivity index (χ1n) is 5.96. The highest BCUT2D eigenvalue weighted by molar-refractivity contribution is 5.61. The minimum Gasteiger partial charge on any atom is -0.465 e. The fourth-order valence-electron chi connectivity index (χ4n) is 1.99. The van der Waals surface area contributed by atoms with Crippen molar-refractivity contribution in [2.45, 2.75) is 0 Å². The normalized spacial score (nSPS) is 15.2. The number of nitriles is 1. The lowest BCUT2D eigenvalue weighted by Crippen LogP contribution is -2.43. The molecule has 5 heteroatoms. The minimum atomic E-state index is 0.188. The average Bonchev–Trinajstić information content (AvgIpc) is 2.45. The van der Waals surface area contributed by atoms with E-state index in [1.165, 1.54) is 0 Å². The summed E-state index contributed by atoms with van der Waals surface area (Å²) < 4.78 is 10.5. The second kappa shape index (κ2) is 6.24. The fraction of sp³-hybridized carbons (Fsp3) is 0.462. The first-order valence-corrected chi connectivity index (χ1v) is 5.96. The third-order valence-corrected chi connectivity index (χ3v) is 2.88. The largest absolute Gasteiger partial charge is 0.465 e. The van der Waals surface area contributed by atoms with E-state index in [2.05, 4.69) is 16.3 Å². The Morgan fingerprint density at radius 2 is 2.17 bits per heavy atom. The summed E-state index contributed by atoms with van der Waals surface area (Å²) in [5.74, 6) is 0.706. The smallest absolute Gasteiger partial charge is 0.188 e. The molecule has 0 saturated carbocycles. The predicted molar refractivity (Wildman–Crippen MR) is 68.7 cm³/mol. The van der Waals surface area contributed by atoms with Crippen LogP contribution in [0.15, 0.2) is 18.2 Å². The molecule has 0 bridgehead atoms. The molecule has 2 rings (SSSR count). The number of piperazine rings is 1. The number of hydrogen-bond acceptors (Lipinski definition) is 5. The molecule has 5 nitrogen and oxygen atoms in total. The van der Waals surface area contributed by atoms with Gasteiger partial charge in [-0.25, -0.2) is 0 Å². The van der Waals surface area contributed by atoms with Gasteiger partial charge in [-0.15, -0.1) is 0 Å². The molecule has 18 heavy (non-hydrogen) atoms. The van der Waals surface area contributed by atoms with Crippen molar-refractivity contribution in [1.29, 1.82) is 5.26 Å². The first kappa shape index (κ1) is 12.7. The molecule has 0 atom stereocenters. The number of methoxy groups -OCH3 is 1. The molecule has 1 heterocycles. The predicted octanol–water partition coefficient (Wildman–Crippen LogP) is 0.951. The Kier molecular flexibility index (Phi) is 4.40. The molecule has 1 aromatic rings. The lowest BCUT2D eigenvalue weighted by Gasteiger charge is -2.30. The standard InChI is InChI=1S/C13H17N3O2/c1-17-10-18-13-8-11(9-14)2-3-12(13)16-6-4-15-5-7-16/h2-3,8,15H,4-7,10H2,1H3. The Labute approximate surface area is 107 Å². The monoisotopic (exact) mass is 247 g/mol. The van der Waals surface area contributed by atoms with Crippen molar-refractivity contribution < 1.29 is 9.47 Å². The third kappa shape index (κ3) is 2.92. The van der Waals surface area contributed by atoms with Crippen molar-refractivity contribution in [2.24, 2.45) is 0 Å². The molecule has 1 fully saturated rings. The molecular weight excluding hydrogens is 230 g/mol. The van der Waals surface area contributed by atoms with Crippen LogP contribution in [0, 0.1) is 11.3 Å². The molecule has 0 amide bonds. The molecule has 0 spiro atoms. The molecule has 96 valence electrons. The second-order valence-corrected chi connectivity index (χ2v) is 4.08. The van der Waals surface area contributed by atoms with Gasteiger partial charge in [-0.05, 0) is 12.1 Å². The van der Waals surface area contributed by atoms with Crippen LogP contribution < -0.4 is 15.0 Å². The SMILES string of the molecule is COCOc1cc(C#N)ccc1N1CCNCC1. The quantitative estimate of drug-likeness (QED) is 0.803. The molecule has 0 aliphatic carbocycles. The molecule has 0 radical (unpaired) electrons. The summed E-state index contributed by atoms with van der Waals surface area (Å²) in [7, 11) is 1.58. The van der Waals surface area contributed by atoms with E-state index in [4.69, 9.17) is 14.7 Å². The van der Waals surface area contributed by atoms with E-state index in [0.717, 1.165) is 31.9 Å². The Balaban J connectivity index is 2.23. The molecule has 1 N–H and O–H groups in total. The Morgan fingerprint density at radius 1 is 1.39 bits per heavy atom. The molecule has 1 aliphatic rings. The van der Waals surface area contributed by atoms with E-state index in [1.54, 1.807) is 13.2 Å². The van der Waals surface area contributed by atoms with E-state index in [0.29, 0.717) is 11.3 Å². The fourth-order valence-corrected chi connectivity index (χ4v) is 1.99. The van der Waals surface area contributed by atoms with E-state index in [-0.39, 0.29) is 6.79 Å². The molecule has 0 aromatic heterocycles. The van der Waals surface area contributed by atoms with Crippen molar-refractivity contribution in [3.8, 4) is 11.8 Å². The highest BCUT2D eigenvalue weighted by atomic mass is 16.7. The number of ether oxygens (including phenoxy) is 2. The summed E-state index contributed by atoms with van der Waals surface area (Å²) in [4.78, 5) is 2.25. The van der Waals surface area contributed by atoms with Crippen LogP contribution in [0.4, 0.5) is 5.69 Å². The Bertz CT molecular complexity index is 436. The van der Waals surface area contributed by atoms with Crippen molar-refractivity contribution in [2.75, 3.05) is 45.0 Å². The van der Waals surface area contributed by atoms with E-state index in [9.17, 15) is 0 Å². The summed E-state index contributed by atoms with van der Waals surface area (Å²) in [6, 6.07) is 7.64. The van der Waals surface area contributed by atoms with Gasteiger partial charge >= 0.3 is 0 Å². The van der Waals surface area contributed by atoms with E-state index in [1.807, 2.05) is 12.1 Å². The maximum absolute atomic E-state index is 8.93. The number of hydrogen-bond donors (Lipinski definition) is 1. The van der Waals surface area contributed by atoms with Gasteiger partial charge in [0.2, 0.25) is 0 Å². The molecule has 1 aromatic carbocycles. The van der Waals surface area contributed by atoms with Crippen LogP contribution in [0.1, 0.15) is 5.56 Å². The highest BCUT2D eigenvalue weighted by Crippen LogP contribution is 2.29. The zero-order valence-corrected chi connectivity index (χ0v) is 10.5. The van der Waals surface area contributed by atoms with Gasteiger partial charge in [0.1, 0.15) is 5.75 Å². The number of benzene rings is 1. The zero-order valence-electron chi connectivity index (χ0n) is 10.5. The maximum Gasteiger partial charge on any atom is 0.188 e. The van der Waals surface area contributed by atoms with Gasteiger partial charge < -0.3 is 19.7 Å². The van der Waals surface area contributed by atoms with Gasteiger partial charge in [-0.3, -0.25) is 0 Å².